The van der Waals surface area contributed by atoms with Crippen molar-refractivity contribution < 1.29 is 8.42 Å². The highest BCUT2D eigenvalue weighted by molar-refractivity contribution is 7.89. The molecular formula is C31H41N3O2S. The van der Waals surface area contributed by atoms with Crippen LogP contribution in [0, 0.1) is 28.6 Å². The predicted molar refractivity (Wildman–Crippen MR) is 152 cm³/mol. The number of hydrogen-bond acceptors (Lipinski definition) is 4. The number of fused-ring (bicyclic) bond motifs is 6. The van der Waals surface area contributed by atoms with Gasteiger partial charge in [0, 0.05) is 41.7 Å². The Labute approximate surface area is 222 Å². The number of hydrazone groups is 1. The fourth-order valence-electron chi connectivity index (χ4n) is 8.72. The Balaban J connectivity index is 1.28. The maximum atomic E-state index is 13.5. The lowest BCUT2D eigenvalue weighted by Gasteiger charge is -2.56. The normalized spacial score (nSPS) is 34.4. The Morgan fingerprint density at radius 1 is 0.919 bits per heavy atom. The number of rotatable bonds is 4. The van der Waals surface area contributed by atoms with Gasteiger partial charge in [0.15, 0.2) is 0 Å². The first kappa shape index (κ1) is 25.0. The van der Waals surface area contributed by atoms with Crippen LogP contribution in [-0.4, -0.2) is 28.2 Å². The lowest BCUT2D eigenvalue weighted by atomic mass is 9.48. The highest BCUT2D eigenvalue weighted by Crippen LogP contribution is 2.64. The van der Waals surface area contributed by atoms with Crippen molar-refractivity contribution in [2.24, 2.45) is 33.7 Å². The topological polar surface area (TPSA) is 61.8 Å². The fraction of sp³-hybridized carbons (Fsp3) is 0.581. The van der Waals surface area contributed by atoms with Gasteiger partial charge < -0.3 is 4.90 Å². The lowest BCUT2D eigenvalue weighted by molar-refractivity contribution is -0.00622. The van der Waals surface area contributed by atoms with Crippen molar-refractivity contribution >= 4 is 32.2 Å². The van der Waals surface area contributed by atoms with Gasteiger partial charge in [-0.05, 0) is 86.7 Å². The highest BCUT2D eigenvalue weighted by atomic mass is 32.2. The summed E-state index contributed by atoms with van der Waals surface area (Å²) in [5.41, 5.74) is 4.15. The first-order valence-corrected chi connectivity index (χ1v) is 15.6. The molecule has 3 fully saturated rings. The summed E-state index contributed by atoms with van der Waals surface area (Å²) in [5, 5.41) is 6.33. The average molecular weight is 520 g/mol. The smallest absolute Gasteiger partial charge is 0.277 e. The second kappa shape index (κ2) is 8.86. The monoisotopic (exact) mass is 519 g/mol. The summed E-state index contributed by atoms with van der Waals surface area (Å²) in [4.78, 5) is 4.98. The van der Waals surface area contributed by atoms with E-state index in [1.165, 1.54) is 38.5 Å². The van der Waals surface area contributed by atoms with Crippen LogP contribution in [0.4, 0.5) is 5.69 Å². The maximum absolute atomic E-state index is 13.5. The van der Waals surface area contributed by atoms with E-state index in [-0.39, 0.29) is 10.3 Å². The standard InChI is InChI=1S/C31H41N3O2S/c1-30-19-6-5-9-21(30)14-15-24-25-16-17-29(31(25,2)20-18-26(24)30)32-33-37(35,36)28-13-8-10-22-23(28)11-7-12-27(22)34(3)4/h7-8,10-14,24-26,33H,5-6,9,15-20H2,1-4H3/b32-29-. The molecule has 2 aromatic carbocycles. The molecule has 0 radical (unpaired) electrons. The van der Waals surface area contributed by atoms with E-state index in [1.54, 1.807) is 11.6 Å². The highest BCUT2D eigenvalue weighted by Gasteiger charge is 2.57. The molecular weight excluding hydrogens is 478 g/mol. The predicted octanol–water partition coefficient (Wildman–Crippen LogP) is 6.89. The first-order valence-electron chi connectivity index (χ1n) is 14.1. The molecule has 0 bridgehead atoms. The molecule has 4 aliphatic rings. The van der Waals surface area contributed by atoms with Gasteiger partial charge in [-0.2, -0.15) is 13.5 Å². The summed E-state index contributed by atoms with van der Waals surface area (Å²) >= 11 is 0. The van der Waals surface area contributed by atoms with Crippen molar-refractivity contribution in [3.63, 3.8) is 0 Å². The molecule has 2 aromatic rings. The first-order chi connectivity index (χ1) is 17.6. The fourth-order valence-corrected chi connectivity index (χ4v) is 9.78. The second-order valence-corrected chi connectivity index (χ2v) is 14.3. The average Bonchev–Trinajstić information content (AvgIpc) is 3.22. The Hall–Kier alpha value is -2.34. The van der Waals surface area contributed by atoms with Crippen LogP contribution < -0.4 is 9.73 Å². The molecule has 0 aliphatic heterocycles. The molecule has 198 valence electrons. The summed E-state index contributed by atoms with van der Waals surface area (Å²) in [6, 6.07) is 11.3. The summed E-state index contributed by atoms with van der Waals surface area (Å²) in [5.74, 6) is 2.05. The van der Waals surface area contributed by atoms with E-state index in [1.807, 2.05) is 49.3 Å². The van der Waals surface area contributed by atoms with Crippen molar-refractivity contribution in [3.05, 3.63) is 48.0 Å². The van der Waals surface area contributed by atoms with Gasteiger partial charge in [-0.15, -0.1) is 0 Å². The Morgan fingerprint density at radius 3 is 2.49 bits per heavy atom. The number of allylic oxidation sites excluding steroid dienone is 2. The number of nitrogens with zero attached hydrogens (tertiary/aromatic N) is 2. The van der Waals surface area contributed by atoms with Gasteiger partial charge in [0.25, 0.3) is 10.0 Å². The largest absolute Gasteiger partial charge is 0.377 e. The summed E-state index contributed by atoms with van der Waals surface area (Å²) < 4.78 is 27.1. The van der Waals surface area contributed by atoms with Crippen LogP contribution in [0.5, 0.6) is 0 Å². The minimum absolute atomic E-state index is 0.0170. The molecule has 0 amide bonds. The van der Waals surface area contributed by atoms with E-state index in [4.69, 9.17) is 0 Å². The van der Waals surface area contributed by atoms with Gasteiger partial charge in [-0.3, -0.25) is 0 Å². The van der Waals surface area contributed by atoms with E-state index in [0.29, 0.717) is 17.3 Å². The van der Waals surface area contributed by atoms with E-state index in [0.717, 1.165) is 47.4 Å². The molecule has 6 rings (SSSR count). The minimum Gasteiger partial charge on any atom is -0.377 e. The zero-order valence-corrected chi connectivity index (χ0v) is 23.6. The van der Waals surface area contributed by atoms with Crippen LogP contribution in [0.3, 0.4) is 0 Å². The van der Waals surface area contributed by atoms with Crippen molar-refractivity contribution in [1.82, 2.24) is 4.83 Å². The van der Waals surface area contributed by atoms with Crippen molar-refractivity contribution in [3.8, 4) is 0 Å². The Bertz CT molecular complexity index is 1390. The summed E-state index contributed by atoms with van der Waals surface area (Å²) in [6.45, 7) is 4.90. The maximum Gasteiger partial charge on any atom is 0.277 e. The van der Waals surface area contributed by atoms with Crippen LogP contribution in [0.25, 0.3) is 10.8 Å². The van der Waals surface area contributed by atoms with Crippen molar-refractivity contribution in [1.29, 1.82) is 0 Å². The van der Waals surface area contributed by atoms with Gasteiger partial charge >= 0.3 is 0 Å². The third-order valence-corrected chi connectivity index (χ3v) is 12.0. The number of hydrogen-bond donors (Lipinski definition) is 1. The van der Waals surface area contributed by atoms with E-state index in [2.05, 4.69) is 29.9 Å². The van der Waals surface area contributed by atoms with Gasteiger partial charge in [0.2, 0.25) is 0 Å². The zero-order valence-electron chi connectivity index (χ0n) is 22.8. The molecule has 3 saturated carbocycles. The summed E-state index contributed by atoms with van der Waals surface area (Å²) in [6.07, 6.45) is 13.5. The molecule has 0 spiro atoms. The SMILES string of the molecule is CN(C)c1cccc2c(S(=O)(=O)N/N=C3/CCC4C5CC=C6CCCCC6(C)C5CCC34C)cccc12. The van der Waals surface area contributed by atoms with Gasteiger partial charge in [-0.1, -0.05) is 56.2 Å². The molecule has 6 heteroatoms. The number of benzene rings is 2. The quantitative estimate of drug-likeness (QED) is 0.353. The molecule has 0 aromatic heterocycles. The van der Waals surface area contributed by atoms with E-state index >= 15 is 0 Å². The van der Waals surface area contributed by atoms with E-state index in [9.17, 15) is 8.42 Å². The number of sulfonamides is 1. The van der Waals surface area contributed by atoms with Crippen LogP contribution >= 0.6 is 0 Å². The molecule has 37 heavy (non-hydrogen) atoms. The second-order valence-electron chi connectivity index (χ2n) is 12.6. The molecule has 1 N–H and O–H groups in total. The van der Waals surface area contributed by atoms with Crippen molar-refractivity contribution in [2.45, 2.75) is 76.5 Å². The van der Waals surface area contributed by atoms with Crippen LogP contribution in [0.15, 0.2) is 58.0 Å². The Kier molecular flexibility index (Phi) is 5.98. The molecule has 5 nitrogen and oxygen atoms in total. The molecule has 5 atom stereocenters. The van der Waals surface area contributed by atoms with Crippen LogP contribution in [-0.2, 0) is 10.0 Å². The molecule has 0 saturated heterocycles. The Morgan fingerprint density at radius 2 is 1.68 bits per heavy atom. The van der Waals surface area contributed by atoms with Crippen molar-refractivity contribution in [2.75, 3.05) is 19.0 Å². The third kappa shape index (κ3) is 3.85. The van der Waals surface area contributed by atoms with Gasteiger partial charge in [-0.25, -0.2) is 4.83 Å². The summed E-state index contributed by atoms with van der Waals surface area (Å²) in [7, 11) is 0.156. The van der Waals surface area contributed by atoms with Crippen LogP contribution in [0.2, 0.25) is 0 Å². The molecule has 0 heterocycles. The molecule has 4 aliphatic carbocycles. The third-order valence-electron chi connectivity index (χ3n) is 10.7. The number of anilines is 1. The van der Waals surface area contributed by atoms with Gasteiger partial charge in [0.05, 0.1) is 4.90 Å². The zero-order chi connectivity index (χ0) is 26.0. The number of nitrogens with one attached hydrogen (secondary N) is 1. The minimum atomic E-state index is -3.80. The van der Waals surface area contributed by atoms with E-state index < -0.39 is 10.0 Å². The molecule has 5 unspecified atom stereocenters. The van der Waals surface area contributed by atoms with Crippen LogP contribution in [0.1, 0.15) is 71.6 Å². The van der Waals surface area contributed by atoms with Gasteiger partial charge in [0.1, 0.15) is 0 Å². The lowest BCUT2D eigenvalue weighted by Crippen LogP contribution is -2.49.